The zero-order valence-electron chi connectivity index (χ0n) is 14.1. The average molecular weight is 324 g/mol. The number of amides is 2. The molecule has 1 aliphatic rings. The Morgan fingerprint density at radius 2 is 2.29 bits per heavy atom. The van der Waals surface area contributed by atoms with Crippen molar-refractivity contribution in [2.45, 2.75) is 31.7 Å². The number of nitrogens with one attached hydrogen (secondary N) is 1. The Morgan fingerprint density at radius 1 is 1.46 bits per heavy atom. The fourth-order valence-electron chi connectivity index (χ4n) is 3.27. The lowest BCUT2D eigenvalue weighted by molar-refractivity contribution is 0.207. The molecule has 5 heteroatoms. The van der Waals surface area contributed by atoms with E-state index in [1.165, 1.54) is 0 Å². The lowest BCUT2D eigenvalue weighted by Gasteiger charge is -2.25. The van der Waals surface area contributed by atoms with Crippen LogP contribution in [0.15, 0.2) is 49.3 Å². The summed E-state index contributed by atoms with van der Waals surface area (Å²) in [5.41, 5.74) is 3.13. The van der Waals surface area contributed by atoms with Crippen LogP contribution in [0.4, 0.5) is 10.5 Å². The number of urea groups is 1. The van der Waals surface area contributed by atoms with Gasteiger partial charge in [0.1, 0.15) is 0 Å². The van der Waals surface area contributed by atoms with Crippen LogP contribution >= 0.6 is 0 Å². The predicted octanol–water partition coefficient (Wildman–Crippen LogP) is 3.91. The highest BCUT2D eigenvalue weighted by atomic mass is 16.2. The van der Waals surface area contributed by atoms with Crippen molar-refractivity contribution in [1.82, 2.24) is 14.7 Å². The number of rotatable bonds is 5. The van der Waals surface area contributed by atoms with Gasteiger partial charge in [0.05, 0.1) is 12.2 Å². The van der Waals surface area contributed by atoms with Gasteiger partial charge >= 0.3 is 6.03 Å². The number of hydrogen-bond acceptors (Lipinski definition) is 2. The van der Waals surface area contributed by atoms with E-state index in [1.807, 2.05) is 48.6 Å². The van der Waals surface area contributed by atoms with Gasteiger partial charge in [-0.2, -0.15) is 5.10 Å². The Kier molecular flexibility index (Phi) is 4.99. The van der Waals surface area contributed by atoms with Crippen molar-refractivity contribution in [3.05, 3.63) is 60.4 Å². The lowest BCUT2D eigenvalue weighted by atomic mass is 10.1. The summed E-state index contributed by atoms with van der Waals surface area (Å²) in [5.74, 6) is 0. The molecule has 1 atom stereocenters. The first-order valence-corrected chi connectivity index (χ1v) is 8.44. The van der Waals surface area contributed by atoms with Gasteiger partial charge in [0, 0.05) is 31.0 Å². The summed E-state index contributed by atoms with van der Waals surface area (Å²) in [5, 5.41) is 7.33. The number of allylic oxidation sites excluding steroid dienone is 1. The minimum Gasteiger partial charge on any atom is -0.317 e. The molecule has 0 unspecified atom stereocenters. The molecule has 1 N–H and O–H groups in total. The van der Waals surface area contributed by atoms with E-state index >= 15 is 0 Å². The maximum Gasteiger partial charge on any atom is 0.322 e. The van der Waals surface area contributed by atoms with Crippen molar-refractivity contribution in [3.8, 4) is 0 Å². The topological polar surface area (TPSA) is 50.2 Å². The number of aryl methyl sites for hydroxylation is 2. The molecule has 1 aliphatic heterocycles. The Hall–Kier alpha value is -2.56. The highest BCUT2D eigenvalue weighted by Gasteiger charge is 2.31. The second kappa shape index (κ2) is 7.34. The highest BCUT2D eigenvalue weighted by molar-refractivity contribution is 5.90. The molecule has 126 valence electrons. The van der Waals surface area contributed by atoms with Gasteiger partial charge in [0.2, 0.25) is 0 Å². The fourth-order valence-corrected chi connectivity index (χ4v) is 3.27. The van der Waals surface area contributed by atoms with Crippen molar-refractivity contribution in [3.63, 3.8) is 0 Å². The van der Waals surface area contributed by atoms with E-state index < -0.39 is 0 Å². The number of nitrogens with zero attached hydrogens (tertiary/aromatic N) is 3. The van der Waals surface area contributed by atoms with E-state index in [9.17, 15) is 4.79 Å². The molecular formula is C19H24N4O. The van der Waals surface area contributed by atoms with Gasteiger partial charge in [0.25, 0.3) is 0 Å². The van der Waals surface area contributed by atoms with Gasteiger partial charge in [-0.25, -0.2) is 4.79 Å². The Labute approximate surface area is 143 Å². The molecule has 2 amide bonds. The van der Waals surface area contributed by atoms with Gasteiger partial charge in [-0.1, -0.05) is 24.3 Å². The Bertz CT molecular complexity index is 722. The molecule has 2 heterocycles. The molecule has 0 saturated carbocycles. The number of benzene rings is 1. The zero-order valence-corrected chi connectivity index (χ0v) is 14.1. The molecule has 3 rings (SSSR count). The normalized spacial score (nSPS) is 17.0. The maximum absolute atomic E-state index is 12.8. The van der Waals surface area contributed by atoms with E-state index in [0.717, 1.165) is 49.0 Å². The van der Waals surface area contributed by atoms with Crippen LogP contribution in [0.1, 0.15) is 36.4 Å². The van der Waals surface area contributed by atoms with Crippen molar-refractivity contribution >= 4 is 11.7 Å². The predicted molar refractivity (Wildman–Crippen MR) is 95.9 cm³/mol. The third-order valence-corrected chi connectivity index (χ3v) is 4.50. The van der Waals surface area contributed by atoms with Gasteiger partial charge in [-0.05, 0) is 37.3 Å². The lowest BCUT2D eigenvalue weighted by Crippen LogP contribution is -2.34. The Morgan fingerprint density at radius 3 is 3.04 bits per heavy atom. The quantitative estimate of drug-likeness (QED) is 0.848. The van der Waals surface area contributed by atoms with E-state index in [1.54, 1.807) is 4.68 Å². The number of likely N-dealkylation sites (tertiary alicyclic amines) is 1. The van der Waals surface area contributed by atoms with Crippen molar-refractivity contribution in [2.75, 3.05) is 11.9 Å². The highest BCUT2D eigenvalue weighted by Crippen LogP contribution is 2.32. The zero-order chi connectivity index (χ0) is 16.9. The fraction of sp³-hybridized carbons (Fsp3) is 0.368. The molecule has 0 spiro atoms. The third-order valence-electron chi connectivity index (χ3n) is 4.50. The van der Waals surface area contributed by atoms with E-state index in [4.69, 9.17) is 0 Å². The summed E-state index contributed by atoms with van der Waals surface area (Å²) in [4.78, 5) is 14.7. The van der Waals surface area contributed by atoms with E-state index in [2.05, 4.69) is 23.1 Å². The molecule has 0 aliphatic carbocycles. The Balaban J connectivity index is 1.73. The second-order valence-electron chi connectivity index (χ2n) is 6.21. The van der Waals surface area contributed by atoms with Crippen molar-refractivity contribution in [1.29, 1.82) is 0 Å². The molecule has 5 nitrogen and oxygen atoms in total. The molecule has 2 aromatic rings. The second-order valence-corrected chi connectivity index (χ2v) is 6.21. The molecule has 1 fully saturated rings. The van der Waals surface area contributed by atoms with Crippen LogP contribution in [0.25, 0.3) is 0 Å². The van der Waals surface area contributed by atoms with Crippen LogP contribution < -0.4 is 5.32 Å². The maximum atomic E-state index is 12.8. The summed E-state index contributed by atoms with van der Waals surface area (Å²) in [7, 11) is 1.90. The average Bonchev–Trinajstić information content (AvgIpc) is 3.22. The van der Waals surface area contributed by atoms with Gasteiger partial charge in [-0.15, -0.1) is 6.58 Å². The summed E-state index contributed by atoms with van der Waals surface area (Å²) in [6.07, 6.45) is 9.53. The van der Waals surface area contributed by atoms with Gasteiger partial charge < -0.3 is 10.2 Å². The molecule has 0 radical (unpaired) electrons. The number of hydrogen-bond donors (Lipinski definition) is 1. The number of carbonyl (C=O) groups is 1. The first-order chi connectivity index (χ1) is 11.7. The number of anilines is 1. The minimum atomic E-state index is -0.0348. The van der Waals surface area contributed by atoms with Crippen LogP contribution in [0, 0.1) is 0 Å². The molecule has 0 bridgehead atoms. The smallest absolute Gasteiger partial charge is 0.317 e. The minimum absolute atomic E-state index is 0.0348. The van der Waals surface area contributed by atoms with E-state index in [0.29, 0.717) is 0 Å². The van der Waals surface area contributed by atoms with Gasteiger partial charge in [0.15, 0.2) is 0 Å². The first kappa shape index (κ1) is 16.3. The summed E-state index contributed by atoms with van der Waals surface area (Å²) >= 11 is 0. The number of carbonyl (C=O) groups excluding carboxylic acids is 1. The monoisotopic (exact) mass is 324 g/mol. The number of aromatic nitrogens is 2. The van der Waals surface area contributed by atoms with E-state index in [-0.39, 0.29) is 12.1 Å². The first-order valence-electron chi connectivity index (χ1n) is 8.44. The van der Waals surface area contributed by atoms with Gasteiger partial charge in [-0.3, -0.25) is 4.68 Å². The van der Waals surface area contributed by atoms with Crippen LogP contribution in [0.2, 0.25) is 0 Å². The summed E-state index contributed by atoms with van der Waals surface area (Å²) < 4.78 is 1.79. The van der Waals surface area contributed by atoms with Crippen LogP contribution in [0.5, 0.6) is 0 Å². The third kappa shape index (κ3) is 3.50. The molecule has 1 aromatic heterocycles. The summed E-state index contributed by atoms with van der Waals surface area (Å²) in [6.45, 7) is 4.55. The largest absolute Gasteiger partial charge is 0.322 e. The van der Waals surface area contributed by atoms with Crippen LogP contribution in [-0.4, -0.2) is 27.3 Å². The SMILES string of the molecule is C=CCCc1ccccc1NC(=O)N1CCC[C@@H]1c1cnn(C)c1. The van der Waals surface area contributed by atoms with Crippen molar-refractivity contribution in [2.24, 2.45) is 7.05 Å². The molecule has 1 aromatic carbocycles. The molecule has 1 saturated heterocycles. The molecule has 24 heavy (non-hydrogen) atoms. The van der Waals surface area contributed by atoms with Crippen LogP contribution in [-0.2, 0) is 13.5 Å². The van der Waals surface area contributed by atoms with Crippen LogP contribution in [0.3, 0.4) is 0 Å². The number of para-hydroxylation sites is 1. The van der Waals surface area contributed by atoms with Crippen molar-refractivity contribution < 1.29 is 4.79 Å². The summed E-state index contributed by atoms with van der Waals surface area (Å²) in [6, 6.07) is 8.05. The standard InChI is InChI=1S/C19H24N4O/c1-3-4-8-15-9-5-6-10-17(15)21-19(24)23-12-7-11-18(23)16-13-20-22(2)14-16/h3,5-6,9-10,13-14,18H,1,4,7-8,11-12H2,2H3,(H,21,24)/t18-/m1/s1. The molecular weight excluding hydrogens is 300 g/mol.